The molecule has 0 radical (unpaired) electrons. The van der Waals surface area contributed by atoms with E-state index in [1.54, 1.807) is 0 Å². The monoisotopic (exact) mass is 323 g/mol. The number of aryl methyl sites for hydroxylation is 1. The molecule has 0 aliphatic rings. The van der Waals surface area contributed by atoms with E-state index >= 15 is 0 Å². The smallest absolute Gasteiger partial charge is 0.312 e. The number of carbonyl (C=O) groups is 1. The molecule has 0 saturated carbocycles. The third-order valence-corrected chi connectivity index (χ3v) is 3.75. The average molecular weight is 324 g/mol. The molecule has 110 valence electrons. The van der Waals surface area contributed by atoms with E-state index in [0.29, 0.717) is 0 Å². The number of benzene rings is 1. The molecule has 8 nitrogen and oxygen atoms in total. The maximum Gasteiger partial charge on any atom is 0.312 e. The molecule has 0 spiro atoms. The van der Waals surface area contributed by atoms with Crippen LogP contribution in [-0.4, -0.2) is 31.0 Å². The molecule has 1 N–H and O–H groups in total. The number of aliphatic carboxylic acids is 1. The van der Waals surface area contributed by atoms with Crippen LogP contribution >= 0.6 is 10.7 Å². The Balaban J connectivity index is 3.22. The van der Waals surface area contributed by atoms with Crippen molar-refractivity contribution in [2.75, 3.05) is 6.61 Å². The number of halogens is 1. The van der Waals surface area contributed by atoms with Crippen molar-refractivity contribution < 1.29 is 28.0 Å². The van der Waals surface area contributed by atoms with Gasteiger partial charge >= 0.3 is 11.7 Å². The molecule has 0 aliphatic carbocycles. The fourth-order valence-electron chi connectivity index (χ4n) is 1.42. The number of carboxylic acids is 1. The van der Waals surface area contributed by atoms with Gasteiger partial charge in [0.15, 0.2) is 5.75 Å². The predicted octanol–water partition coefficient (Wildman–Crippen LogP) is 1.68. The summed E-state index contributed by atoms with van der Waals surface area (Å²) in [6, 6.07) is 1.92. The van der Waals surface area contributed by atoms with Crippen LogP contribution < -0.4 is 4.74 Å². The Kier molecular flexibility index (Phi) is 4.90. The second-order valence-electron chi connectivity index (χ2n) is 3.77. The molecule has 0 bridgehead atoms. The Labute approximate surface area is 118 Å². The van der Waals surface area contributed by atoms with Crippen LogP contribution in [0.4, 0.5) is 5.69 Å². The van der Waals surface area contributed by atoms with Crippen LogP contribution in [0.15, 0.2) is 17.0 Å². The van der Waals surface area contributed by atoms with Crippen LogP contribution in [0.5, 0.6) is 5.75 Å². The van der Waals surface area contributed by atoms with Gasteiger partial charge in [-0.2, -0.15) is 0 Å². The molecule has 0 heterocycles. The molecule has 1 aromatic rings. The summed E-state index contributed by atoms with van der Waals surface area (Å²) in [6.07, 6.45) is -0.342. The first-order valence-electron chi connectivity index (χ1n) is 5.21. The second kappa shape index (κ2) is 6.06. The van der Waals surface area contributed by atoms with Gasteiger partial charge in [0, 0.05) is 16.7 Å². The van der Waals surface area contributed by atoms with Gasteiger partial charge in [-0.05, 0) is 18.6 Å². The minimum atomic E-state index is -4.12. The van der Waals surface area contributed by atoms with Crippen molar-refractivity contribution in [2.45, 2.75) is 18.2 Å². The van der Waals surface area contributed by atoms with E-state index in [0.717, 1.165) is 12.1 Å². The largest absolute Gasteiger partial charge is 0.486 e. The zero-order valence-electron chi connectivity index (χ0n) is 10.2. The Morgan fingerprint density at radius 2 is 2.10 bits per heavy atom. The molecule has 0 saturated heterocycles. The zero-order chi connectivity index (χ0) is 15.5. The first-order valence-corrected chi connectivity index (χ1v) is 7.52. The first kappa shape index (κ1) is 16.2. The normalized spacial score (nSPS) is 11.1. The van der Waals surface area contributed by atoms with Gasteiger partial charge in [0.1, 0.15) is 0 Å². The summed E-state index contributed by atoms with van der Waals surface area (Å²) in [5, 5.41) is 19.3. The lowest BCUT2D eigenvalue weighted by Gasteiger charge is -2.08. The van der Waals surface area contributed by atoms with Gasteiger partial charge in [0.25, 0.3) is 9.05 Å². The maximum atomic E-state index is 11.3. The predicted molar refractivity (Wildman–Crippen MR) is 68.6 cm³/mol. The summed E-state index contributed by atoms with van der Waals surface area (Å²) in [7, 11) is 1.05. The fraction of sp³-hybridized carbons (Fsp3) is 0.300. The summed E-state index contributed by atoms with van der Waals surface area (Å²) in [5.74, 6) is -1.33. The van der Waals surface area contributed by atoms with Gasteiger partial charge < -0.3 is 9.84 Å². The van der Waals surface area contributed by atoms with Gasteiger partial charge in [-0.15, -0.1) is 0 Å². The van der Waals surface area contributed by atoms with Crippen molar-refractivity contribution >= 4 is 31.4 Å². The van der Waals surface area contributed by atoms with E-state index in [-0.39, 0.29) is 24.3 Å². The van der Waals surface area contributed by atoms with Crippen LogP contribution in [0.3, 0.4) is 0 Å². The lowest BCUT2D eigenvalue weighted by atomic mass is 10.2. The number of nitro benzene ring substituents is 1. The number of nitro groups is 1. The van der Waals surface area contributed by atoms with Gasteiger partial charge in [-0.1, -0.05) is 0 Å². The van der Waals surface area contributed by atoms with Crippen molar-refractivity contribution in [3.63, 3.8) is 0 Å². The third-order valence-electron chi connectivity index (χ3n) is 2.29. The van der Waals surface area contributed by atoms with Gasteiger partial charge in [-0.3, -0.25) is 14.9 Å². The molecule has 10 heteroatoms. The molecule has 1 aromatic carbocycles. The molecule has 20 heavy (non-hydrogen) atoms. The molecule has 0 amide bonds. The minimum Gasteiger partial charge on any atom is -0.486 e. The van der Waals surface area contributed by atoms with Crippen LogP contribution in [0.25, 0.3) is 0 Å². The topological polar surface area (TPSA) is 124 Å². The van der Waals surface area contributed by atoms with Crippen molar-refractivity contribution in [1.82, 2.24) is 0 Å². The lowest BCUT2D eigenvalue weighted by Crippen LogP contribution is -2.07. The molecule has 1 rings (SSSR count). The van der Waals surface area contributed by atoms with E-state index in [1.807, 2.05) is 0 Å². The van der Waals surface area contributed by atoms with E-state index < -0.39 is 30.5 Å². The molecular weight excluding hydrogens is 314 g/mol. The van der Waals surface area contributed by atoms with E-state index in [1.165, 1.54) is 6.92 Å². The highest BCUT2D eigenvalue weighted by Crippen LogP contribution is 2.33. The Bertz CT molecular complexity index is 656. The van der Waals surface area contributed by atoms with E-state index in [4.69, 9.17) is 20.5 Å². The number of hydrogen-bond donors (Lipinski definition) is 1. The summed E-state index contributed by atoms with van der Waals surface area (Å²) in [5.41, 5.74) is -0.434. The van der Waals surface area contributed by atoms with Crippen molar-refractivity contribution in [3.05, 3.63) is 27.8 Å². The highest BCUT2D eigenvalue weighted by Gasteiger charge is 2.23. The van der Waals surface area contributed by atoms with Crippen molar-refractivity contribution in [1.29, 1.82) is 0 Å². The zero-order valence-corrected chi connectivity index (χ0v) is 11.8. The SMILES string of the molecule is Cc1cc(OCCC(=O)O)c([N+](=O)[O-])cc1S(=O)(=O)Cl. The molecule has 0 unspecified atom stereocenters. The Hall–Kier alpha value is -1.87. The summed E-state index contributed by atoms with van der Waals surface area (Å²) in [4.78, 5) is 20.0. The molecule has 0 atom stereocenters. The van der Waals surface area contributed by atoms with Gasteiger partial charge in [0.05, 0.1) is 22.8 Å². The average Bonchev–Trinajstić information content (AvgIpc) is 2.26. The molecule has 0 aliphatic heterocycles. The summed E-state index contributed by atoms with van der Waals surface area (Å²) >= 11 is 0. The van der Waals surface area contributed by atoms with E-state index in [2.05, 4.69) is 0 Å². The molecular formula is C10H10ClNO7S. The maximum absolute atomic E-state index is 11.3. The highest BCUT2D eigenvalue weighted by atomic mass is 35.7. The molecule has 0 fully saturated rings. The fourth-order valence-corrected chi connectivity index (χ4v) is 2.61. The first-order chi connectivity index (χ1) is 9.12. The lowest BCUT2D eigenvalue weighted by molar-refractivity contribution is -0.386. The number of ether oxygens (including phenoxy) is 1. The van der Waals surface area contributed by atoms with Crippen LogP contribution in [0, 0.1) is 17.0 Å². The number of rotatable bonds is 6. The third kappa shape index (κ3) is 4.07. The second-order valence-corrected chi connectivity index (χ2v) is 6.31. The summed E-state index contributed by atoms with van der Waals surface area (Å²) in [6.45, 7) is 1.12. The number of hydrogen-bond acceptors (Lipinski definition) is 6. The minimum absolute atomic E-state index is 0.163. The number of nitrogens with zero attached hydrogens (tertiary/aromatic N) is 1. The summed E-state index contributed by atoms with van der Waals surface area (Å²) < 4.78 is 27.5. The Morgan fingerprint density at radius 3 is 2.55 bits per heavy atom. The molecule has 0 aromatic heterocycles. The standard InChI is InChI=1S/C10H10ClNO7S/c1-6-4-8(19-3-2-10(13)14)7(12(15)16)5-9(6)20(11,17)18/h4-5H,2-3H2,1H3,(H,13,14). The van der Waals surface area contributed by atoms with Crippen molar-refractivity contribution in [2.24, 2.45) is 0 Å². The van der Waals surface area contributed by atoms with Gasteiger partial charge in [0.2, 0.25) is 0 Å². The van der Waals surface area contributed by atoms with E-state index in [9.17, 15) is 23.3 Å². The van der Waals surface area contributed by atoms with Crippen molar-refractivity contribution in [3.8, 4) is 5.75 Å². The Morgan fingerprint density at radius 1 is 1.50 bits per heavy atom. The van der Waals surface area contributed by atoms with Crippen LogP contribution in [0.2, 0.25) is 0 Å². The van der Waals surface area contributed by atoms with Gasteiger partial charge in [-0.25, -0.2) is 8.42 Å². The quantitative estimate of drug-likeness (QED) is 0.479. The van der Waals surface area contributed by atoms with Crippen LogP contribution in [0.1, 0.15) is 12.0 Å². The highest BCUT2D eigenvalue weighted by molar-refractivity contribution is 8.13. The van der Waals surface area contributed by atoms with Crippen LogP contribution in [-0.2, 0) is 13.8 Å². The number of carboxylic acid groups (broad SMARTS) is 1.